The molecule has 7 heteroatoms. The highest BCUT2D eigenvalue weighted by molar-refractivity contribution is 5.94. The van der Waals surface area contributed by atoms with E-state index in [0.29, 0.717) is 19.4 Å². The predicted molar refractivity (Wildman–Crippen MR) is 134 cm³/mol. The molecule has 1 N–H and O–H groups in total. The van der Waals surface area contributed by atoms with Gasteiger partial charge in [0, 0.05) is 6.04 Å². The molecule has 1 atom stereocenters. The lowest BCUT2D eigenvalue weighted by atomic mass is 10.00. The summed E-state index contributed by atoms with van der Waals surface area (Å²) in [5.41, 5.74) is 2.20. The molecule has 0 aliphatic rings. The number of hydrogen-bond donors (Lipinski definition) is 1. The lowest BCUT2D eigenvalue weighted by Crippen LogP contribution is -2.40. The number of amides is 1. The van der Waals surface area contributed by atoms with Crippen molar-refractivity contribution in [1.82, 2.24) is 5.32 Å². The van der Waals surface area contributed by atoms with Crippen LogP contribution in [0.3, 0.4) is 0 Å². The largest absolute Gasteiger partial charge is 0.489 e. The first-order valence-electron chi connectivity index (χ1n) is 11.6. The first-order chi connectivity index (χ1) is 16.5. The summed E-state index contributed by atoms with van der Waals surface area (Å²) in [4.78, 5) is 35.1. The van der Waals surface area contributed by atoms with E-state index in [1.165, 1.54) is 13.2 Å². The van der Waals surface area contributed by atoms with Crippen molar-refractivity contribution in [3.05, 3.63) is 77.6 Å². The van der Waals surface area contributed by atoms with Crippen LogP contribution in [-0.4, -0.2) is 29.5 Å². The van der Waals surface area contributed by atoms with Crippen molar-refractivity contribution in [3.8, 4) is 5.75 Å². The Hall–Kier alpha value is -3.61. The lowest BCUT2D eigenvalue weighted by molar-refractivity contribution is -0.140. The third-order valence-corrected chi connectivity index (χ3v) is 4.73. The van der Waals surface area contributed by atoms with Crippen LogP contribution in [-0.2, 0) is 32.1 Å². The molecule has 35 heavy (non-hydrogen) atoms. The fourth-order valence-corrected chi connectivity index (χ4v) is 3.24. The molecule has 188 valence electrons. The van der Waals surface area contributed by atoms with Gasteiger partial charge in [-0.3, -0.25) is 9.59 Å². The van der Waals surface area contributed by atoms with Crippen LogP contribution in [0.25, 0.3) is 0 Å². The van der Waals surface area contributed by atoms with Crippen molar-refractivity contribution in [2.45, 2.75) is 72.1 Å². The van der Waals surface area contributed by atoms with E-state index < -0.39 is 17.7 Å². The molecule has 0 saturated carbocycles. The molecule has 0 heterocycles. The predicted octanol–water partition coefficient (Wildman–Crippen LogP) is 5.52. The Labute approximate surface area is 207 Å². The number of ketones is 1. The summed E-state index contributed by atoms with van der Waals surface area (Å²) < 4.78 is 16.3. The first kappa shape index (κ1) is 27.6. The topological polar surface area (TPSA) is 90.9 Å². The molecule has 0 fully saturated rings. The normalized spacial score (nSPS) is 12.4. The highest BCUT2D eigenvalue weighted by Crippen LogP contribution is 2.18. The van der Waals surface area contributed by atoms with E-state index in [9.17, 15) is 14.4 Å². The van der Waals surface area contributed by atoms with Crippen LogP contribution in [0.4, 0.5) is 4.79 Å². The highest BCUT2D eigenvalue weighted by atomic mass is 16.6. The fraction of sp³-hybridized carbons (Fsp3) is 0.393. The highest BCUT2D eigenvalue weighted by Gasteiger charge is 2.20. The number of hydrogen-bond acceptors (Lipinski definition) is 6. The number of Topliss-reactive ketones (excluding diaryl/α,β-unsaturated/α-hetero) is 1. The number of esters is 1. The zero-order valence-corrected chi connectivity index (χ0v) is 21.1. The fourth-order valence-electron chi connectivity index (χ4n) is 3.24. The second kappa shape index (κ2) is 13.3. The van der Waals surface area contributed by atoms with Crippen LogP contribution in [0, 0.1) is 0 Å². The monoisotopic (exact) mass is 481 g/mol. The molecule has 0 bridgehead atoms. The lowest BCUT2D eigenvalue weighted by Gasteiger charge is -2.24. The molecule has 2 rings (SSSR count). The van der Waals surface area contributed by atoms with E-state index in [1.54, 1.807) is 27.7 Å². The number of carbonyl (C=O) groups is 3. The van der Waals surface area contributed by atoms with Crippen molar-refractivity contribution in [2.75, 3.05) is 0 Å². The first-order valence-corrected chi connectivity index (χ1v) is 11.6. The van der Waals surface area contributed by atoms with Crippen molar-refractivity contribution in [1.29, 1.82) is 0 Å². The second-order valence-corrected chi connectivity index (χ2v) is 9.50. The Morgan fingerprint density at radius 2 is 1.60 bits per heavy atom. The average molecular weight is 482 g/mol. The zero-order chi connectivity index (χ0) is 25.8. The summed E-state index contributed by atoms with van der Waals surface area (Å²) in [6, 6.07) is 17.3. The number of ether oxygens (including phenoxy) is 3. The summed E-state index contributed by atoms with van der Waals surface area (Å²) in [6.45, 7) is 9.01. The van der Waals surface area contributed by atoms with Gasteiger partial charge in [-0.15, -0.1) is 0 Å². The maximum absolute atomic E-state index is 12.4. The van der Waals surface area contributed by atoms with Gasteiger partial charge in [0.2, 0.25) is 0 Å². The van der Waals surface area contributed by atoms with Crippen LogP contribution in [0.5, 0.6) is 5.75 Å². The van der Waals surface area contributed by atoms with E-state index in [1.807, 2.05) is 54.6 Å². The molecule has 1 amide bonds. The quantitative estimate of drug-likeness (QED) is 0.258. The number of alkyl carbamates (subject to hydrolysis) is 1. The molecule has 0 radical (unpaired) electrons. The molecule has 2 aromatic carbocycles. The summed E-state index contributed by atoms with van der Waals surface area (Å²) in [7, 11) is 0. The minimum Gasteiger partial charge on any atom is -0.489 e. The van der Waals surface area contributed by atoms with Crippen LogP contribution in [0.2, 0.25) is 0 Å². The maximum Gasteiger partial charge on any atom is 0.407 e. The van der Waals surface area contributed by atoms with E-state index in [-0.39, 0.29) is 18.2 Å². The third-order valence-electron chi connectivity index (χ3n) is 4.73. The minimum atomic E-state index is -0.626. The van der Waals surface area contributed by atoms with Crippen LogP contribution in [0.1, 0.15) is 58.6 Å². The van der Waals surface area contributed by atoms with Crippen molar-refractivity contribution >= 4 is 17.8 Å². The molecular weight excluding hydrogens is 446 g/mol. The Morgan fingerprint density at radius 1 is 0.943 bits per heavy atom. The van der Waals surface area contributed by atoms with E-state index in [2.05, 4.69) is 5.32 Å². The van der Waals surface area contributed by atoms with Crippen molar-refractivity contribution in [2.24, 2.45) is 0 Å². The molecule has 0 aromatic heterocycles. The summed E-state index contributed by atoms with van der Waals surface area (Å²) >= 11 is 0. The van der Waals surface area contributed by atoms with Crippen molar-refractivity contribution < 1.29 is 28.6 Å². The standard InChI is InChI=1S/C28H35NO6/c1-20(18-34-26(31)16-21(2)30)15-24(29-27(32)35-28(3,4)5)17-22-11-13-25(14-12-22)33-19-23-9-7-6-8-10-23/h6-14,18,24H,15-17,19H2,1-5H3,(H,29,32)/t24-/m1/s1. The molecule has 2 aromatic rings. The Balaban J connectivity index is 2.02. The van der Waals surface area contributed by atoms with Gasteiger partial charge in [-0.2, -0.15) is 0 Å². The van der Waals surface area contributed by atoms with Gasteiger partial charge in [-0.05, 0) is 76.3 Å². The van der Waals surface area contributed by atoms with E-state index in [0.717, 1.165) is 22.4 Å². The Kier molecular flexibility index (Phi) is 10.5. The van der Waals surface area contributed by atoms with Gasteiger partial charge in [-0.25, -0.2) is 4.79 Å². The number of carbonyl (C=O) groups excluding carboxylic acids is 3. The average Bonchev–Trinajstić information content (AvgIpc) is 2.76. The van der Waals surface area contributed by atoms with Gasteiger partial charge in [0.25, 0.3) is 0 Å². The molecule has 0 aliphatic heterocycles. The van der Waals surface area contributed by atoms with Crippen LogP contribution < -0.4 is 10.1 Å². The summed E-state index contributed by atoms with van der Waals surface area (Å²) in [5, 5.41) is 2.91. The van der Waals surface area contributed by atoms with E-state index >= 15 is 0 Å². The Morgan fingerprint density at radius 3 is 2.20 bits per heavy atom. The van der Waals surface area contributed by atoms with Crippen molar-refractivity contribution in [3.63, 3.8) is 0 Å². The van der Waals surface area contributed by atoms with Gasteiger partial charge in [0.1, 0.15) is 30.2 Å². The number of rotatable bonds is 11. The van der Waals surface area contributed by atoms with Gasteiger partial charge >= 0.3 is 12.1 Å². The molecule has 0 unspecified atom stereocenters. The van der Waals surface area contributed by atoms with Gasteiger partial charge in [-0.1, -0.05) is 42.5 Å². The molecule has 0 spiro atoms. The molecular formula is C28H35NO6. The maximum atomic E-state index is 12.4. The third kappa shape index (κ3) is 11.9. The summed E-state index contributed by atoms with van der Waals surface area (Å²) in [5.74, 6) is -0.121. The molecule has 7 nitrogen and oxygen atoms in total. The van der Waals surface area contributed by atoms with Crippen LogP contribution in [0.15, 0.2) is 66.4 Å². The molecule has 0 saturated heterocycles. The minimum absolute atomic E-state index is 0.262. The van der Waals surface area contributed by atoms with Gasteiger partial charge < -0.3 is 19.5 Å². The smallest absolute Gasteiger partial charge is 0.407 e. The second-order valence-electron chi connectivity index (χ2n) is 9.50. The summed E-state index contributed by atoms with van der Waals surface area (Å²) in [6.07, 6.45) is 1.49. The Bertz CT molecular complexity index is 1010. The number of nitrogens with one attached hydrogen (secondary N) is 1. The van der Waals surface area contributed by atoms with Gasteiger partial charge in [0.15, 0.2) is 0 Å². The van der Waals surface area contributed by atoms with E-state index in [4.69, 9.17) is 14.2 Å². The number of benzene rings is 2. The SMILES string of the molecule is CC(=O)CC(=O)OC=C(C)C[C@H](Cc1ccc(OCc2ccccc2)cc1)NC(=O)OC(C)(C)C. The van der Waals surface area contributed by atoms with Crippen LogP contribution >= 0.6 is 0 Å². The zero-order valence-electron chi connectivity index (χ0n) is 21.1. The molecule has 0 aliphatic carbocycles. The van der Waals surface area contributed by atoms with Gasteiger partial charge in [0.05, 0.1) is 6.26 Å².